The third-order valence-corrected chi connectivity index (χ3v) is 5.62. The van der Waals surface area contributed by atoms with E-state index in [1.807, 2.05) is 31.2 Å². The molecule has 0 amide bonds. The molecule has 0 saturated carbocycles. The number of hydrogen-bond donors (Lipinski definition) is 2. The Morgan fingerprint density at radius 2 is 2.03 bits per heavy atom. The van der Waals surface area contributed by atoms with Crippen LogP contribution < -0.4 is 15.8 Å². The number of carbonyl (C=O) groups excluding carboxylic acids is 1. The number of ether oxygens (including phenoxy) is 2. The molecule has 162 valence electrons. The minimum atomic E-state index is -0.175. The van der Waals surface area contributed by atoms with E-state index in [0.29, 0.717) is 19.5 Å². The number of rotatable bonds is 8. The van der Waals surface area contributed by atoms with Crippen molar-refractivity contribution < 1.29 is 14.3 Å². The van der Waals surface area contributed by atoms with Gasteiger partial charge in [-0.2, -0.15) is 0 Å². The van der Waals surface area contributed by atoms with E-state index >= 15 is 0 Å². The lowest BCUT2D eigenvalue weighted by atomic mass is 10.0. The first kappa shape index (κ1) is 22.0. The first-order chi connectivity index (χ1) is 14.5. The number of nitrogens with zero attached hydrogens (tertiary/aromatic N) is 3. The summed E-state index contributed by atoms with van der Waals surface area (Å²) < 4.78 is 9.98. The topological polar surface area (TPSA) is 103 Å². The van der Waals surface area contributed by atoms with Crippen LogP contribution in [0.2, 0.25) is 0 Å². The number of likely N-dealkylation sites (tertiary alicyclic amines) is 1. The first-order valence-corrected chi connectivity index (χ1v) is 10.3. The maximum atomic E-state index is 11.4. The zero-order valence-electron chi connectivity index (χ0n) is 18.0. The van der Waals surface area contributed by atoms with Crippen molar-refractivity contribution in [1.82, 2.24) is 15.1 Å². The summed E-state index contributed by atoms with van der Waals surface area (Å²) in [6.45, 7) is 4.95. The molecule has 0 bridgehead atoms. The Hall–Kier alpha value is -2.71. The van der Waals surface area contributed by atoms with Crippen LogP contribution in [0, 0.1) is 6.92 Å². The Balaban J connectivity index is 1.72. The molecular formula is C22H31N5O3. The second kappa shape index (κ2) is 10.4. The standard InChI is InChI=1S/C22H31N5O3/c1-15-19(13-23)22(26-25-21(15)16-6-8-18(29-2)9-7-16)24-17-5-4-11-27(14-17)12-10-20(28)30-3/h6-9,17H,4-5,10-14,23H2,1-3H3,(H,24,26). The summed E-state index contributed by atoms with van der Waals surface area (Å²) >= 11 is 0. The van der Waals surface area contributed by atoms with Crippen molar-refractivity contribution in [2.45, 2.75) is 38.8 Å². The monoisotopic (exact) mass is 413 g/mol. The maximum Gasteiger partial charge on any atom is 0.306 e. The van der Waals surface area contributed by atoms with Crippen molar-refractivity contribution in [2.24, 2.45) is 5.73 Å². The second-order valence-corrected chi connectivity index (χ2v) is 7.54. The number of nitrogens with two attached hydrogens (primary N) is 1. The smallest absolute Gasteiger partial charge is 0.306 e. The number of hydrogen-bond acceptors (Lipinski definition) is 8. The number of carbonyl (C=O) groups is 1. The van der Waals surface area contributed by atoms with Crippen LogP contribution in [0.1, 0.15) is 30.4 Å². The molecule has 1 atom stereocenters. The fourth-order valence-electron chi connectivity index (χ4n) is 3.87. The first-order valence-electron chi connectivity index (χ1n) is 10.3. The fourth-order valence-corrected chi connectivity index (χ4v) is 3.87. The largest absolute Gasteiger partial charge is 0.497 e. The van der Waals surface area contributed by atoms with Crippen LogP contribution in [0.4, 0.5) is 5.82 Å². The summed E-state index contributed by atoms with van der Waals surface area (Å²) in [5, 5.41) is 12.5. The van der Waals surface area contributed by atoms with Gasteiger partial charge in [-0.1, -0.05) is 0 Å². The second-order valence-electron chi connectivity index (χ2n) is 7.54. The van der Waals surface area contributed by atoms with Crippen molar-refractivity contribution in [1.29, 1.82) is 0 Å². The number of methoxy groups -OCH3 is 2. The molecule has 2 aromatic rings. The quantitative estimate of drug-likeness (QED) is 0.636. The van der Waals surface area contributed by atoms with Gasteiger partial charge >= 0.3 is 5.97 Å². The van der Waals surface area contributed by atoms with Crippen LogP contribution in [0.3, 0.4) is 0 Å². The van der Waals surface area contributed by atoms with E-state index in [1.165, 1.54) is 7.11 Å². The van der Waals surface area contributed by atoms with Gasteiger partial charge in [-0.25, -0.2) is 0 Å². The third-order valence-electron chi connectivity index (χ3n) is 5.62. The van der Waals surface area contributed by atoms with Crippen molar-refractivity contribution in [3.8, 4) is 17.0 Å². The van der Waals surface area contributed by atoms with Gasteiger partial charge in [0.1, 0.15) is 5.75 Å². The molecule has 8 heteroatoms. The van der Waals surface area contributed by atoms with E-state index in [9.17, 15) is 4.79 Å². The zero-order chi connectivity index (χ0) is 21.5. The number of aromatic nitrogens is 2. The molecule has 8 nitrogen and oxygen atoms in total. The lowest BCUT2D eigenvalue weighted by Crippen LogP contribution is -2.43. The molecule has 2 heterocycles. The molecule has 3 rings (SSSR count). The van der Waals surface area contributed by atoms with E-state index < -0.39 is 0 Å². The Kier molecular flexibility index (Phi) is 7.59. The number of benzene rings is 1. The predicted molar refractivity (Wildman–Crippen MR) is 116 cm³/mol. The highest BCUT2D eigenvalue weighted by Crippen LogP contribution is 2.28. The minimum Gasteiger partial charge on any atom is -0.497 e. The van der Waals surface area contributed by atoms with Crippen LogP contribution >= 0.6 is 0 Å². The van der Waals surface area contributed by atoms with Crippen molar-refractivity contribution in [2.75, 3.05) is 39.2 Å². The molecule has 0 radical (unpaired) electrons. The summed E-state index contributed by atoms with van der Waals surface area (Å²) in [5.74, 6) is 1.37. The molecular weight excluding hydrogens is 382 g/mol. The van der Waals surface area contributed by atoms with Crippen molar-refractivity contribution in [3.63, 3.8) is 0 Å². The molecule has 1 unspecified atom stereocenters. The van der Waals surface area contributed by atoms with Crippen LogP contribution in [-0.4, -0.2) is 61.0 Å². The number of nitrogens with one attached hydrogen (secondary N) is 1. The summed E-state index contributed by atoms with van der Waals surface area (Å²) in [7, 11) is 3.07. The van der Waals surface area contributed by atoms with Crippen LogP contribution in [0.25, 0.3) is 11.3 Å². The highest BCUT2D eigenvalue weighted by atomic mass is 16.5. The molecule has 1 saturated heterocycles. The number of esters is 1. The molecule has 1 fully saturated rings. The van der Waals surface area contributed by atoms with Gasteiger partial charge in [0.25, 0.3) is 0 Å². The molecule has 3 N–H and O–H groups in total. The normalized spacial score (nSPS) is 16.9. The Morgan fingerprint density at radius 3 is 2.70 bits per heavy atom. The van der Waals surface area contributed by atoms with E-state index in [0.717, 1.165) is 59.9 Å². The van der Waals surface area contributed by atoms with E-state index in [-0.39, 0.29) is 12.0 Å². The molecule has 0 spiro atoms. The van der Waals surface area contributed by atoms with Gasteiger partial charge in [0, 0.05) is 36.8 Å². The molecule has 30 heavy (non-hydrogen) atoms. The fraction of sp³-hybridized carbons (Fsp3) is 0.500. The molecule has 0 aliphatic carbocycles. The van der Waals surface area contributed by atoms with Gasteiger partial charge in [-0.15, -0.1) is 10.2 Å². The Labute approximate surface area is 177 Å². The van der Waals surface area contributed by atoms with Gasteiger partial charge in [-0.05, 0) is 56.1 Å². The average Bonchev–Trinajstić information content (AvgIpc) is 2.78. The molecule has 1 aromatic carbocycles. The molecule has 1 aliphatic rings. The van der Waals surface area contributed by atoms with Gasteiger partial charge in [0.15, 0.2) is 5.82 Å². The van der Waals surface area contributed by atoms with Crippen LogP contribution in [0.15, 0.2) is 24.3 Å². The summed E-state index contributed by atoms with van der Waals surface area (Å²) in [5.41, 5.74) is 9.89. The van der Waals surface area contributed by atoms with Gasteiger partial charge in [-0.3, -0.25) is 4.79 Å². The lowest BCUT2D eigenvalue weighted by molar-refractivity contribution is -0.141. The zero-order valence-corrected chi connectivity index (χ0v) is 18.0. The van der Waals surface area contributed by atoms with Gasteiger partial charge < -0.3 is 25.4 Å². The highest BCUT2D eigenvalue weighted by Gasteiger charge is 2.22. The van der Waals surface area contributed by atoms with Gasteiger partial charge in [0.2, 0.25) is 0 Å². The highest BCUT2D eigenvalue weighted by molar-refractivity contribution is 5.69. The van der Waals surface area contributed by atoms with Gasteiger partial charge in [0.05, 0.1) is 26.3 Å². The Morgan fingerprint density at radius 1 is 1.27 bits per heavy atom. The van der Waals surface area contributed by atoms with Crippen molar-refractivity contribution in [3.05, 3.63) is 35.4 Å². The predicted octanol–water partition coefficient (Wildman–Crippen LogP) is 2.36. The summed E-state index contributed by atoms with van der Waals surface area (Å²) in [6, 6.07) is 8.01. The SMILES string of the molecule is COC(=O)CCN1CCCC(Nc2nnc(-c3ccc(OC)cc3)c(C)c2CN)C1. The number of anilines is 1. The average molecular weight is 414 g/mol. The lowest BCUT2D eigenvalue weighted by Gasteiger charge is -2.33. The van der Waals surface area contributed by atoms with E-state index in [2.05, 4.69) is 20.4 Å². The minimum absolute atomic E-state index is 0.175. The summed E-state index contributed by atoms with van der Waals surface area (Å²) in [4.78, 5) is 13.7. The number of piperidine rings is 1. The maximum absolute atomic E-state index is 11.4. The van der Waals surface area contributed by atoms with Crippen LogP contribution in [-0.2, 0) is 16.1 Å². The van der Waals surface area contributed by atoms with E-state index in [1.54, 1.807) is 7.11 Å². The third kappa shape index (κ3) is 5.25. The molecule has 1 aliphatic heterocycles. The molecule has 1 aromatic heterocycles. The Bertz CT molecular complexity index is 857. The summed E-state index contributed by atoms with van der Waals surface area (Å²) in [6.07, 6.45) is 2.51. The van der Waals surface area contributed by atoms with Crippen molar-refractivity contribution >= 4 is 11.8 Å². The van der Waals surface area contributed by atoms with E-state index in [4.69, 9.17) is 15.2 Å². The van der Waals surface area contributed by atoms with Crippen LogP contribution in [0.5, 0.6) is 5.75 Å².